The predicted molar refractivity (Wildman–Crippen MR) is 84.3 cm³/mol. The molecule has 2 aromatic rings. The molecule has 1 aromatic heterocycles. The molecule has 0 amide bonds. The minimum absolute atomic E-state index is 0.0690. The topological polar surface area (TPSA) is 73.3 Å². The first-order chi connectivity index (χ1) is 11.8. The number of nitrogens with one attached hydrogen (secondary N) is 1. The second-order valence-electron chi connectivity index (χ2n) is 4.65. The number of hydrogen-bond donors (Lipinski definition) is 1. The molecule has 25 heavy (non-hydrogen) atoms. The van der Waals surface area contributed by atoms with Crippen molar-refractivity contribution in [1.82, 2.24) is 9.97 Å². The largest absolute Gasteiger partial charge is 0.495 e. The highest BCUT2D eigenvalue weighted by Gasteiger charge is 2.38. The Morgan fingerprint density at radius 3 is 2.64 bits per heavy atom. The first-order valence-electron chi connectivity index (χ1n) is 6.98. The van der Waals surface area contributed by atoms with Gasteiger partial charge in [-0.3, -0.25) is 0 Å². The molecule has 0 bridgehead atoms. The average molecular weight is 376 g/mol. The Morgan fingerprint density at radius 1 is 1.36 bits per heavy atom. The Bertz CT molecular complexity index is 784. The number of carbonyl (C=O) groups is 1. The van der Waals surface area contributed by atoms with Crippen LogP contribution in [-0.2, 0) is 10.9 Å². The summed E-state index contributed by atoms with van der Waals surface area (Å²) in [7, 11) is 1.43. The Hall–Kier alpha value is -2.55. The van der Waals surface area contributed by atoms with Crippen molar-refractivity contribution >= 4 is 29.2 Å². The van der Waals surface area contributed by atoms with E-state index in [-0.39, 0.29) is 17.6 Å². The summed E-state index contributed by atoms with van der Waals surface area (Å²) < 4.78 is 49.1. The van der Waals surface area contributed by atoms with Gasteiger partial charge < -0.3 is 14.8 Å². The van der Waals surface area contributed by atoms with E-state index in [1.165, 1.54) is 32.2 Å². The molecule has 0 aliphatic carbocycles. The van der Waals surface area contributed by atoms with Crippen LogP contribution in [0.25, 0.3) is 0 Å². The third-order valence-electron chi connectivity index (χ3n) is 2.96. The minimum Gasteiger partial charge on any atom is -0.495 e. The smallest absolute Gasteiger partial charge is 0.434 e. The molecule has 0 radical (unpaired) electrons. The van der Waals surface area contributed by atoms with E-state index < -0.39 is 23.4 Å². The first kappa shape index (κ1) is 18.8. The van der Waals surface area contributed by atoms with Gasteiger partial charge in [0.05, 0.1) is 18.7 Å². The highest BCUT2D eigenvalue weighted by molar-refractivity contribution is 6.32. The van der Waals surface area contributed by atoms with E-state index in [0.717, 1.165) is 6.20 Å². The van der Waals surface area contributed by atoms with E-state index >= 15 is 0 Å². The van der Waals surface area contributed by atoms with E-state index in [1.54, 1.807) is 0 Å². The summed E-state index contributed by atoms with van der Waals surface area (Å²) in [6, 6.07) is 4.50. The zero-order valence-electron chi connectivity index (χ0n) is 13.1. The minimum atomic E-state index is -4.85. The Kier molecular flexibility index (Phi) is 5.68. The number of anilines is 2. The summed E-state index contributed by atoms with van der Waals surface area (Å²) in [6.07, 6.45) is -4.08. The number of hydrogen-bond acceptors (Lipinski definition) is 6. The first-order valence-corrected chi connectivity index (χ1v) is 7.36. The quantitative estimate of drug-likeness (QED) is 0.794. The highest BCUT2D eigenvalue weighted by Crippen LogP contribution is 2.32. The van der Waals surface area contributed by atoms with Crippen molar-refractivity contribution in [2.24, 2.45) is 0 Å². The number of rotatable bonds is 5. The summed E-state index contributed by atoms with van der Waals surface area (Å²) >= 11 is 5.95. The maximum atomic E-state index is 13.2. The molecule has 0 saturated carbocycles. The van der Waals surface area contributed by atoms with Gasteiger partial charge in [-0.1, -0.05) is 11.6 Å². The van der Waals surface area contributed by atoms with Gasteiger partial charge in [-0.15, -0.1) is 0 Å². The Morgan fingerprint density at radius 2 is 2.08 bits per heavy atom. The van der Waals surface area contributed by atoms with Gasteiger partial charge in [0.2, 0.25) is 5.95 Å². The predicted octanol–water partition coefficient (Wildman–Crippen LogP) is 4.08. The molecule has 1 heterocycles. The van der Waals surface area contributed by atoms with Crippen LogP contribution in [0.3, 0.4) is 0 Å². The van der Waals surface area contributed by atoms with Crippen molar-refractivity contribution in [2.45, 2.75) is 13.1 Å². The molecule has 2 rings (SSSR count). The Balaban J connectivity index is 2.36. The van der Waals surface area contributed by atoms with Gasteiger partial charge in [0.25, 0.3) is 0 Å². The van der Waals surface area contributed by atoms with Crippen LogP contribution in [0.4, 0.5) is 24.8 Å². The van der Waals surface area contributed by atoms with Crippen molar-refractivity contribution in [3.63, 3.8) is 0 Å². The average Bonchev–Trinajstić information content (AvgIpc) is 2.54. The van der Waals surface area contributed by atoms with Crippen molar-refractivity contribution in [3.8, 4) is 5.75 Å². The molecule has 6 nitrogen and oxygen atoms in total. The van der Waals surface area contributed by atoms with E-state index in [1.807, 2.05) is 0 Å². The fraction of sp³-hybridized carbons (Fsp3) is 0.267. The number of nitrogens with zero attached hydrogens (tertiary/aromatic N) is 2. The van der Waals surface area contributed by atoms with Gasteiger partial charge in [-0.05, 0) is 25.1 Å². The van der Waals surface area contributed by atoms with Crippen LogP contribution in [-0.4, -0.2) is 29.7 Å². The number of carbonyl (C=O) groups excluding carboxylic acids is 1. The number of methoxy groups -OCH3 is 1. The molecule has 0 unspecified atom stereocenters. The van der Waals surface area contributed by atoms with Gasteiger partial charge in [0, 0.05) is 11.9 Å². The van der Waals surface area contributed by atoms with Crippen LogP contribution in [0, 0.1) is 0 Å². The lowest BCUT2D eigenvalue weighted by atomic mass is 10.2. The maximum Gasteiger partial charge on any atom is 0.434 e. The van der Waals surface area contributed by atoms with E-state index in [4.69, 9.17) is 16.3 Å². The number of halogens is 4. The summed E-state index contributed by atoms with van der Waals surface area (Å²) in [4.78, 5) is 18.8. The normalized spacial score (nSPS) is 11.1. The van der Waals surface area contributed by atoms with Crippen LogP contribution in [0.2, 0.25) is 5.02 Å². The second kappa shape index (κ2) is 7.56. The van der Waals surface area contributed by atoms with Crippen molar-refractivity contribution in [3.05, 3.63) is 40.7 Å². The lowest BCUT2D eigenvalue weighted by Gasteiger charge is -2.13. The van der Waals surface area contributed by atoms with E-state index in [9.17, 15) is 18.0 Å². The molecule has 1 aromatic carbocycles. The summed E-state index contributed by atoms with van der Waals surface area (Å²) in [6.45, 7) is 1.41. The number of aromatic nitrogens is 2. The monoisotopic (exact) mass is 375 g/mol. The molecule has 0 aliphatic rings. The van der Waals surface area contributed by atoms with Gasteiger partial charge >= 0.3 is 12.1 Å². The molecule has 0 atom stereocenters. The zero-order chi connectivity index (χ0) is 18.6. The molecule has 0 saturated heterocycles. The van der Waals surface area contributed by atoms with Gasteiger partial charge in [0.15, 0.2) is 5.69 Å². The number of ether oxygens (including phenoxy) is 2. The third kappa shape index (κ3) is 4.50. The van der Waals surface area contributed by atoms with Gasteiger partial charge in [-0.25, -0.2) is 14.8 Å². The van der Waals surface area contributed by atoms with Crippen LogP contribution in [0.15, 0.2) is 24.4 Å². The highest BCUT2D eigenvalue weighted by atomic mass is 35.5. The second-order valence-corrected chi connectivity index (χ2v) is 5.06. The van der Waals surface area contributed by atoms with Crippen molar-refractivity contribution < 1.29 is 27.4 Å². The third-order valence-corrected chi connectivity index (χ3v) is 3.26. The van der Waals surface area contributed by atoms with Crippen LogP contribution in [0.1, 0.15) is 23.0 Å². The summed E-state index contributed by atoms with van der Waals surface area (Å²) in [5.74, 6) is -1.09. The number of alkyl halides is 3. The molecular formula is C15H13ClF3N3O3. The lowest BCUT2D eigenvalue weighted by molar-refractivity contribution is -0.141. The van der Waals surface area contributed by atoms with Crippen LogP contribution < -0.4 is 10.1 Å². The maximum absolute atomic E-state index is 13.2. The van der Waals surface area contributed by atoms with Crippen LogP contribution in [0.5, 0.6) is 5.75 Å². The van der Waals surface area contributed by atoms with Gasteiger partial charge in [0.1, 0.15) is 11.3 Å². The fourth-order valence-corrected chi connectivity index (χ4v) is 2.15. The van der Waals surface area contributed by atoms with E-state index in [0.29, 0.717) is 11.4 Å². The van der Waals surface area contributed by atoms with Crippen molar-refractivity contribution in [1.29, 1.82) is 0 Å². The fourth-order valence-electron chi connectivity index (χ4n) is 1.89. The van der Waals surface area contributed by atoms with Gasteiger partial charge in [-0.2, -0.15) is 13.2 Å². The lowest BCUT2D eigenvalue weighted by Crippen LogP contribution is -2.19. The van der Waals surface area contributed by atoms with E-state index in [2.05, 4.69) is 20.0 Å². The molecule has 0 fully saturated rings. The summed E-state index contributed by atoms with van der Waals surface area (Å²) in [5, 5.41) is 2.85. The molecular weight excluding hydrogens is 363 g/mol. The standard InChI is InChI=1S/C15H13ClF3N3O3/c1-3-25-13(23)9-7-20-14(22-12(9)15(17,18)19)21-8-4-5-11(24-2)10(16)6-8/h4-7H,3H2,1-2H3,(H,20,21,22). The summed E-state index contributed by atoms with van der Waals surface area (Å²) in [5.41, 5.74) is -1.79. The molecule has 0 aliphatic heterocycles. The Labute approximate surface area is 145 Å². The number of esters is 1. The number of benzene rings is 1. The molecule has 1 N–H and O–H groups in total. The van der Waals surface area contributed by atoms with Crippen LogP contribution >= 0.6 is 11.6 Å². The molecule has 10 heteroatoms. The SMILES string of the molecule is CCOC(=O)c1cnc(Nc2ccc(OC)c(Cl)c2)nc1C(F)(F)F. The van der Waals surface area contributed by atoms with Crippen molar-refractivity contribution in [2.75, 3.05) is 19.0 Å². The molecule has 0 spiro atoms. The molecule has 134 valence electrons. The zero-order valence-corrected chi connectivity index (χ0v) is 13.9.